The van der Waals surface area contributed by atoms with E-state index >= 15 is 0 Å². The normalized spacial score (nSPS) is 19.0. The first-order valence-electron chi connectivity index (χ1n) is 9.31. The summed E-state index contributed by atoms with van der Waals surface area (Å²) in [6.45, 7) is 2.15. The SMILES string of the molecule is CCCCCC(O)CCC1=CCC(=O)[C@@H]1C/C=C\CCCC(=O)O. The van der Waals surface area contributed by atoms with Crippen LogP contribution in [-0.2, 0) is 9.59 Å². The quantitative estimate of drug-likeness (QED) is 0.385. The molecule has 0 aromatic carbocycles. The lowest BCUT2D eigenvalue weighted by atomic mass is 9.91. The Labute approximate surface area is 145 Å². The molecule has 0 fully saturated rings. The largest absolute Gasteiger partial charge is 0.481 e. The van der Waals surface area contributed by atoms with Crippen molar-refractivity contribution < 1.29 is 19.8 Å². The van der Waals surface area contributed by atoms with Gasteiger partial charge in [0.25, 0.3) is 0 Å². The number of allylic oxidation sites excluding steroid dienone is 4. The Morgan fingerprint density at radius 2 is 2.08 bits per heavy atom. The van der Waals surface area contributed by atoms with Crippen LogP contribution in [0.5, 0.6) is 0 Å². The molecule has 0 aromatic heterocycles. The smallest absolute Gasteiger partial charge is 0.303 e. The number of carbonyl (C=O) groups excluding carboxylic acids is 1. The van der Waals surface area contributed by atoms with Gasteiger partial charge in [0.15, 0.2) is 0 Å². The van der Waals surface area contributed by atoms with Crippen LogP contribution in [0.1, 0.15) is 77.6 Å². The molecule has 0 radical (unpaired) electrons. The molecule has 0 saturated heterocycles. The highest BCUT2D eigenvalue weighted by Crippen LogP contribution is 2.30. The molecule has 1 rings (SSSR count). The zero-order chi connectivity index (χ0) is 17.8. The number of hydrogen-bond acceptors (Lipinski definition) is 3. The lowest BCUT2D eigenvalue weighted by Gasteiger charge is -2.15. The van der Waals surface area contributed by atoms with Crippen molar-refractivity contribution in [3.63, 3.8) is 0 Å². The van der Waals surface area contributed by atoms with Gasteiger partial charge in [-0.1, -0.05) is 50.0 Å². The molecule has 4 nitrogen and oxygen atoms in total. The van der Waals surface area contributed by atoms with Gasteiger partial charge in [0, 0.05) is 18.8 Å². The number of aliphatic hydroxyl groups excluding tert-OH is 1. The fourth-order valence-electron chi connectivity index (χ4n) is 3.11. The maximum atomic E-state index is 12.0. The number of ketones is 1. The third-order valence-electron chi connectivity index (χ3n) is 4.61. The van der Waals surface area contributed by atoms with Crippen LogP contribution in [0.3, 0.4) is 0 Å². The second kappa shape index (κ2) is 12.0. The van der Waals surface area contributed by atoms with Gasteiger partial charge in [0.1, 0.15) is 5.78 Å². The zero-order valence-electron chi connectivity index (χ0n) is 14.9. The fourth-order valence-corrected chi connectivity index (χ4v) is 3.11. The van der Waals surface area contributed by atoms with Gasteiger partial charge in [-0.05, 0) is 38.5 Å². The van der Waals surface area contributed by atoms with Gasteiger partial charge in [0.05, 0.1) is 6.10 Å². The molecule has 1 unspecified atom stereocenters. The molecule has 0 amide bonds. The topological polar surface area (TPSA) is 74.6 Å². The molecule has 136 valence electrons. The van der Waals surface area contributed by atoms with Crippen LogP contribution < -0.4 is 0 Å². The van der Waals surface area contributed by atoms with E-state index < -0.39 is 5.97 Å². The standard InChI is InChI=1S/C20H32O4/c1-2-3-6-9-17(21)14-12-16-13-15-19(22)18(16)10-7-4-5-8-11-20(23)24/h4,7,13,17-18,21H,2-3,5-6,8-12,14-15H2,1H3,(H,23,24)/b7-4-/t17?,18-/m1/s1. The van der Waals surface area contributed by atoms with Crippen LogP contribution in [-0.4, -0.2) is 28.1 Å². The highest BCUT2D eigenvalue weighted by Gasteiger charge is 2.26. The summed E-state index contributed by atoms with van der Waals surface area (Å²) in [6, 6.07) is 0. The molecular weight excluding hydrogens is 304 g/mol. The first kappa shape index (κ1) is 20.6. The van der Waals surface area contributed by atoms with Gasteiger partial charge in [-0.3, -0.25) is 9.59 Å². The van der Waals surface area contributed by atoms with E-state index in [1.165, 1.54) is 5.57 Å². The Hall–Kier alpha value is -1.42. The molecule has 2 N–H and O–H groups in total. The van der Waals surface area contributed by atoms with Crippen LogP contribution in [0.2, 0.25) is 0 Å². The van der Waals surface area contributed by atoms with Crippen molar-refractivity contribution in [1.82, 2.24) is 0 Å². The first-order valence-corrected chi connectivity index (χ1v) is 9.31. The molecular formula is C20H32O4. The average Bonchev–Trinajstić information content (AvgIpc) is 2.89. The second-order valence-electron chi connectivity index (χ2n) is 6.68. The minimum atomic E-state index is -0.767. The molecule has 0 spiro atoms. The summed E-state index contributed by atoms with van der Waals surface area (Å²) in [6.07, 6.45) is 14.3. The van der Waals surface area contributed by atoms with Crippen molar-refractivity contribution >= 4 is 11.8 Å². The van der Waals surface area contributed by atoms with Crippen LogP contribution >= 0.6 is 0 Å². The van der Waals surface area contributed by atoms with E-state index in [-0.39, 0.29) is 24.2 Å². The van der Waals surface area contributed by atoms with Crippen molar-refractivity contribution in [1.29, 1.82) is 0 Å². The van der Waals surface area contributed by atoms with Crippen LogP contribution in [0.4, 0.5) is 0 Å². The molecule has 1 aliphatic rings. The van der Waals surface area contributed by atoms with E-state index in [2.05, 4.69) is 6.92 Å². The monoisotopic (exact) mass is 336 g/mol. The third-order valence-corrected chi connectivity index (χ3v) is 4.61. The fraction of sp³-hybridized carbons (Fsp3) is 0.700. The Kier molecular flexibility index (Phi) is 10.3. The average molecular weight is 336 g/mol. The van der Waals surface area contributed by atoms with Crippen LogP contribution in [0, 0.1) is 5.92 Å². The molecule has 0 aromatic rings. The van der Waals surface area contributed by atoms with Gasteiger partial charge in [-0.2, -0.15) is 0 Å². The molecule has 1 aliphatic carbocycles. The summed E-state index contributed by atoms with van der Waals surface area (Å²) in [5.74, 6) is -0.540. The van der Waals surface area contributed by atoms with Gasteiger partial charge in [-0.25, -0.2) is 0 Å². The number of aliphatic carboxylic acids is 1. The van der Waals surface area contributed by atoms with E-state index in [0.717, 1.165) is 44.9 Å². The maximum absolute atomic E-state index is 12.0. The summed E-state index contributed by atoms with van der Waals surface area (Å²) >= 11 is 0. The predicted molar refractivity (Wildman–Crippen MR) is 95.8 cm³/mol. The molecule has 0 saturated carbocycles. The molecule has 4 heteroatoms. The van der Waals surface area contributed by atoms with E-state index in [4.69, 9.17) is 5.11 Å². The zero-order valence-corrected chi connectivity index (χ0v) is 14.9. The number of carbonyl (C=O) groups is 2. The van der Waals surface area contributed by atoms with Crippen LogP contribution in [0.15, 0.2) is 23.8 Å². The summed E-state index contributed by atoms with van der Waals surface area (Å²) in [7, 11) is 0. The molecule has 2 atom stereocenters. The second-order valence-corrected chi connectivity index (χ2v) is 6.68. The number of carboxylic acid groups (broad SMARTS) is 1. The summed E-state index contributed by atoms with van der Waals surface area (Å²) in [5.41, 5.74) is 1.17. The minimum absolute atomic E-state index is 0.0384. The van der Waals surface area contributed by atoms with E-state index in [1.54, 1.807) is 0 Å². The Morgan fingerprint density at radius 1 is 1.29 bits per heavy atom. The number of carboxylic acids is 1. The van der Waals surface area contributed by atoms with Crippen molar-refractivity contribution in [3.8, 4) is 0 Å². The predicted octanol–water partition coefficient (Wildman–Crippen LogP) is 4.42. The minimum Gasteiger partial charge on any atom is -0.481 e. The first-order chi connectivity index (χ1) is 11.5. The third kappa shape index (κ3) is 8.44. The van der Waals surface area contributed by atoms with Gasteiger partial charge < -0.3 is 10.2 Å². The molecule has 0 bridgehead atoms. The highest BCUT2D eigenvalue weighted by atomic mass is 16.4. The van der Waals surface area contributed by atoms with Crippen molar-refractivity contribution in [2.75, 3.05) is 0 Å². The van der Waals surface area contributed by atoms with Gasteiger partial charge in [0.2, 0.25) is 0 Å². The van der Waals surface area contributed by atoms with E-state index in [0.29, 0.717) is 19.3 Å². The van der Waals surface area contributed by atoms with Crippen LogP contribution in [0.25, 0.3) is 0 Å². The van der Waals surface area contributed by atoms with Crippen molar-refractivity contribution in [3.05, 3.63) is 23.8 Å². The van der Waals surface area contributed by atoms with Crippen molar-refractivity contribution in [2.45, 2.75) is 83.7 Å². The molecule has 0 heterocycles. The Balaban J connectivity index is 2.30. The van der Waals surface area contributed by atoms with Crippen molar-refractivity contribution in [2.24, 2.45) is 5.92 Å². The molecule has 0 aliphatic heterocycles. The summed E-state index contributed by atoms with van der Waals surface area (Å²) < 4.78 is 0. The van der Waals surface area contributed by atoms with Gasteiger partial charge in [-0.15, -0.1) is 0 Å². The molecule has 24 heavy (non-hydrogen) atoms. The Morgan fingerprint density at radius 3 is 2.79 bits per heavy atom. The van der Waals surface area contributed by atoms with Gasteiger partial charge >= 0.3 is 5.97 Å². The lowest BCUT2D eigenvalue weighted by molar-refractivity contribution is -0.137. The van der Waals surface area contributed by atoms with E-state index in [1.807, 2.05) is 18.2 Å². The number of aliphatic hydroxyl groups is 1. The van der Waals surface area contributed by atoms with E-state index in [9.17, 15) is 14.7 Å². The lowest BCUT2D eigenvalue weighted by Crippen LogP contribution is -2.12. The number of hydrogen-bond donors (Lipinski definition) is 2. The number of unbranched alkanes of at least 4 members (excludes halogenated alkanes) is 3. The number of rotatable bonds is 13. The Bertz CT molecular complexity index is 451. The maximum Gasteiger partial charge on any atom is 0.303 e. The summed E-state index contributed by atoms with van der Waals surface area (Å²) in [5, 5.41) is 18.6. The highest BCUT2D eigenvalue weighted by molar-refractivity contribution is 5.88. The summed E-state index contributed by atoms with van der Waals surface area (Å²) in [4.78, 5) is 22.5. The number of Topliss-reactive ketones (excluding diaryl/α,β-unsaturated/α-hetero) is 1.